The fraction of sp³-hybridized carbons (Fsp3) is 1.00. The maximum atomic E-state index is 5.85. The molecule has 0 aromatic heterocycles. The number of rotatable bonds is 3. The molecule has 0 aliphatic carbocycles. The molecule has 0 aromatic carbocycles. The van der Waals surface area contributed by atoms with Crippen LogP contribution in [-0.4, -0.2) is 48.2 Å². The minimum Gasteiger partial charge on any atom is -0.379 e. The van der Waals surface area contributed by atoms with Crippen molar-refractivity contribution in [2.75, 3.05) is 32.6 Å². The third-order valence-electron chi connectivity index (χ3n) is 4.58. The van der Waals surface area contributed by atoms with Gasteiger partial charge >= 0.3 is 0 Å². The number of likely N-dealkylation sites (N-methyl/N-ethyl adjacent to an activating group) is 1. The van der Waals surface area contributed by atoms with E-state index in [1.807, 2.05) is 11.8 Å². The van der Waals surface area contributed by atoms with E-state index >= 15 is 0 Å². The summed E-state index contributed by atoms with van der Waals surface area (Å²) in [6.07, 6.45) is 6.33. The number of hydrogen-bond acceptors (Lipinski definition) is 3. The van der Waals surface area contributed by atoms with Crippen molar-refractivity contribution in [2.24, 2.45) is 5.92 Å². The summed E-state index contributed by atoms with van der Waals surface area (Å²) in [6, 6.07) is 0. The summed E-state index contributed by atoms with van der Waals surface area (Å²) in [5.41, 5.74) is 0.370. The Balaban J connectivity index is 2.18. The van der Waals surface area contributed by atoms with Crippen LogP contribution in [0.5, 0.6) is 0 Å². The van der Waals surface area contributed by atoms with Crippen LogP contribution in [0.25, 0.3) is 0 Å². The Morgan fingerprint density at radius 1 is 1.50 bits per heavy atom. The molecule has 0 N–H and O–H groups in total. The molecular formula is C13H25NOS. The molecule has 2 aliphatic rings. The Bertz CT molecular complexity index is 236. The summed E-state index contributed by atoms with van der Waals surface area (Å²) in [5, 5.41) is 0.717. The Kier molecular flexibility index (Phi) is 4.20. The molecule has 1 spiro atoms. The highest BCUT2D eigenvalue weighted by Crippen LogP contribution is 2.43. The van der Waals surface area contributed by atoms with Gasteiger partial charge in [-0.05, 0) is 32.2 Å². The van der Waals surface area contributed by atoms with Crippen molar-refractivity contribution >= 4 is 11.8 Å². The monoisotopic (exact) mass is 243 g/mol. The molecule has 2 saturated heterocycles. The van der Waals surface area contributed by atoms with Crippen molar-refractivity contribution in [3.63, 3.8) is 0 Å². The van der Waals surface area contributed by atoms with Gasteiger partial charge in [0.1, 0.15) is 0 Å². The predicted molar refractivity (Wildman–Crippen MR) is 71.1 cm³/mol. The number of nitrogens with zero attached hydrogens (tertiary/aromatic N) is 1. The molecule has 3 atom stereocenters. The van der Waals surface area contributed by atoms with Crippen molar-refractivity contribution in [1.82, 2.24) is 4.90 Å². The molecular weight excluding hydrogens is 218 g/mol. The highest BCUT2D eigenvalue weighted by molar-refractivity contribution is 7.99. The van der Waals surface area contributed by atoms with Gasteiger partial charge in [-0.3, -0.25) is 4.90 Å². The van der Waals surface area contributed by atoms with E-state index in [9.17, 15) is 0 Å². The van der Waals surface area contributed by atoms with Gasteiger partial charge in [0.05, 0.1) is 18.8 Å². The molecule has 2 heterocycles. The first-order chi connectivity index (χ1) is 7.74. The second-order valence-corrected chi connectivity index (χ2v) is 6.42. The average molecular weight is 243 g/mol. The first-order valence-electron chi connectivity index (χ1n) is 6.60. The zero-order valence-corrected chi connectivity index (χ0v) is 11.7. The molecule has 0 radical (unpaired) electrons. The second kappa shape index (κ2) is 5.28. The fourth-order valence-corrected chi connectivity index (χ4v) is 4.19. The lowest BCUT2D eigenvalue weighted by Gasteiger charge is -2.48. The normalized spacial score (nSPS) is 38.1. The summed E-state index contributed by atoms with van der Waals surface area (Å²) in [5.74, 6) is 0.725. The van der Waals surface area contributed by atoms with E-state index < -0.39 is 0 Å². The molecule has 2 aliphatic heterocycles. The van der Waals surface area contributed by atoms with E-state index in [1.165, 1.54) is 32.4 Å². The lowest BCUT2D eigenvalue weighted by Crippen LogP contribution is -2.58. The standard InChI is InChI=1S/C13H25NOS/c1-4-14-8-6-5-7-13(14)10-15-9-12(13)11(2)16-3/h11-12H,4-10H2,1-3H3. The fourth-order valence-electron chi connectivity index (χ4n) is 3.53. The van der Waals surface area contributed by atoms with Gasteiger partial charge in [-0.2, -0.15) is 11.8 Å². The quantitative estimate of drug-likeness (QED) is 0.756. The van der Waals surface area contributed by atoms with Crippen LogP contribution in [0.15, 0.2) is 0 Å². The van der Waals surface area contributed by atoms with E-state index in [0.717, 1.165) is 24.4 Å². The molecule has 3 heteroatoms. The van der Waals surface area contributed by atoms with Crippen molar-refractivity contribution in [3.8, 4) is 0 Å². The van der Waals surface area contributed by atoms with Crippen LogP contribution in [0.1, 0.15) is 33.1 Å². The van der Waals surface area contributed by atoms with E-state index in [1.54, 1.807) is 0 Å². The number of piperidine rings is 1. The Morgan fingerprint density at radius 2 is 2.31 bits per heavy atom. The molecule has 2 nitrogen and oxygen atoms in total. The first kappa shape index (κ1) is 12.7. The Morgan fingerprint density at radius 3 is 3.00 bits per heavy atom. The summed E-state index contributed by atoms with van der Waals surface area (Å²) >= 11 is 2.00. The average Bonchev–Trinajstić information content (AvgIpc) is 2.73. The molecule has 94 valence electrons. The number of ether oxygens (including phenoxy) is 1. The molecule has 0 saturated carbocycles. The van der Waals surface area contributed by atoms with Crippen LogP contribution in [0.2, 0.25) is 0 Å². The van der Waals surface area contributed by atoms with Gasteiger partial charge < -0.3 is 4.74 Å². The molecule has 16 heavy (non-hydrogen) atoms. The molecule has 0 amide bonds. The van der Waals surface area contributed by atoms with Crippen LogP contribution >= 0.6 is 11.8 Å². The third kappa shape index (κ3) is 2.02. The maximum Gasteiger partial charge on any atom is 0.0654 e. The van der Waals surface area contributed by atoms with Gasteiger partial charge in [-0.25, -0.2) is 0 Å². The lowest BCUT2D eigenvalue weighted by atomic mass is 9.77. The summed E-state index contributed by atoms with van der Waals surface area (Å²) in [6.45, 7) is 9.06. The zero-order chi connectivity index (χ0) is 11.6. The summed E-state index contributed by atoms with van der Waals surface area (Å²) in [7, 11) is 0. The predicted octanol–water partition coefficient (Wildman–Crippen LogP) is 2.63. The van der Waals surface area contributed by atoms with Gasteiger partial charge in [0.2, 0.25) is 0 Å². The van der Waals surface area contributed by atoms with Crippen LogP contribution in [-0.2, 0) is 4.74 Å². The summed E-state index contributed by atoms with van der Waals surface area (Å²) in [4.78, 5) is 2.70. The number of likely N-dealkylation sites (tertiary alicyclic amines) is 1. The molecule has 0 aromatic rings. The highest BCUT2D eigenvalue weighted by atomic mass is 32.2. The van der Waals surface area contributed by atoms with Gasteiger partial charge in [-0.1, -0.05) is 20.3 Å². The maximum absolute atomic E-state index is 5.85. The third-order valence-corrected chi connectivity index (χ3v) is 5.65. The number of thioether (sulfide) groups is 1. The van der Waals surface area contributed by atoms with Crippen LogP contribution in [0, 0.1) is 5.92 Å². The lowest BCUT2D eigenvalue weighted by molar-refractivity contribution is 0.0172. The van der Waals surface area contributed by atoms with Gasteiger partial charge in [0.15, 0.2) is 0 Å². The summed E-state index contributed by atoms with van der Waals surface area (Å²) < 4.78 is 5.85. The second-order valence-electron chi connectivity index (χ2n) is 5.20. The molecule has 0 bridgehead atoms. The van der Waals surface area contributed by atoms with E-state index in [-0.39, 0.29) is 0 Å². The first-order valence-corrected chi connectivity index (χ1v) is 7.89. The van der Waals surface area contributed by atoms with Gasteiger partial charge in [-0.15, -0.1) is 0 Å². The van der Waals surface area contributed by atoms with E-state index in [2.05, 4.69) is 25.0 Å². The van der Waals surface area contributed by atoms with Crippen LogP contribution in [0.4, 0.5) is 0 Å². The largest absolute Gasteiger partial charge is 0.379 e. The Hall–Kier alpha value is 0.270. The topological polar surface area (TPSA) is 12.5 Å². The van der Waals surface area contributed by atoms with E-state index in [0.29, 0.717) is 5.54 Å². The number of hydrogen-bond donors (Lipinski definition) is 0. The van der Waals surface area contributed by atoms with Gasteiger partial charge in [0.25, 0.3) is 0 Å². The SMILES string of the molecule is CCN1CCCCC12COCC2C(C)SC. The minimum atomic E-state index is 0.370. The van der Waals surface area contributed by atoms with Crippen LogP contribution in [0.3, 0.4) is 0 Å². The Labute approximate surface area is 104 Å². The van der Waals surface area contributed by atoms with Gasteiger partial charge in [0, 0.05) is 11.2 Å². The molecule has 3 unspecified atom stereocenters. The minimum absolute atomic E-state index is 0.370. The highest BCUT2D eigenvalue weighted by Gasteiger charge is 2.50. The molecule has 2 rings (SSSR count). The van der Waals surface area contributed by atoms with Crippen molar-refractivity contribution in [1.29, 1.82) is 0 Å². The van der Waals surface area contributed by atoms with E-state index in [4.69, 9.17) is 4.74 Å². The van der Waals surface area contributed by atoms with Crippen molar-refractivity contribution < 1.29 is 4.74 Å². The zero-order valence-electron chi connectivity index (χ0n) is 10.9. The van der Waals surface area contributed by atoms with Crippen molar-refractivity contribution in [2.45, 2.75) is 43.9 Å². The smallest absolute Gasteiger partial charge is 0.0654 e. The molecule has 2 fully saturated rings. The van der Waals surface area contributed by atoms with Crippen LogP contribution < -0.4 is 0 Å². The van der Waals surface area contributed by atoms with Crippen molar-refractivity contribution in [3.05, 3.63) is 0 Å².